The van der Waals surface area contributed by atoms with E-state index in [1.165, 1.54) is 10.5 Å². The summed E-state index contributed by atoms with van der Waals surface area (Å²) in [5.41, 5.74) is 1.06. The molecule has 2 rings (SSSR count). The number of nitrogens with zero attached hydrogens (tertiary/aromatic N) is 1. The van der Waals surface area contributed by atoms with Crippen LogP contribution in [0.5, 0.6) is 0 Å². The SMILES string of the molecule is CN(C(=O)O)C(C1OCCc2cc(Br)sc21)C(C)(C)C. The lowest BCUT2D eigenvalue weighted by Gasteiger charge is -2.42. The summed E-state index contributed by atoms with van der Waals surface area (Å²) in [4.78, 5) is 13.9. The molecular weight excluding hydrogens is 342 g/mol. The van der Waals surface area contributed by atoms with Gasteiger partial charge < -0.3 is 14.7 Å². The van der Waals surface area contributed by atoms with Crippen molar-refractivity contribution in [1.29, 1.82) is 0 Å². The van der Waals surface area contributed by atoms with Crippen LogP contribution in [0, 0.1) is 5.41 Å². The van der Waals surface area contributed by atoms with Crippen molar-refractivity contribution in [2.24, 2.45) is 5.41 Å². The Hall–Kier alpha value is -0.590. The molecule has 2 atom stereocenters. The zero-order valence-corrected chi connectivity index (χ0v) is 14.5. The number of hydrogen-bond donors (Lipinski definition) is 1. The van der Waals surface area contributed by atoms with Crippen molar-refractivity contribution in [2.75, 3.05) is 13.7 Å². The van der Waals surface area contributed by atoms with Crippen molar-refractivity contribution in [3.63, 3.8) is 0 Å². The molecule has 0 saturated heterocycles. The lowest BCUT2D eigenvalue weighted by Crippen LogP contribution is -2.49. The fraction of sp³-hybridized carbons (Fsp3) is 0.643. The van der Waals surface area contributed by atoms with Gasteiger partial charge in [-0.05, 0) is 39.4 Å². The van der Waals surface area contributed by atoms with Crippen LogP contribution >= 0.6 is 27.3 Å². The Morgan fingerprint density at radius 2 is 2.25 bits per heavy atom. The second-order valence-corrected chi connectivity index (χ2v) is 8.65. The van der Waals surface area contributed by atoms with Crippen LogP contribution in [0.4, 0.5) is 4.79 Å². The number of ether oxygens (including phenoxy) is 1. The number of rotatable bonds is 2. The summed E-state index contributed by atoms with van der Waals surface area (Å²) < 4.78 is 7.04. The molecule has 1 aromatic heterocycles. The Morgan fingerprint density at radius 3 is 2.80 bits per heavy atom. The van der Waals surface area contributed by atoms with Gasteiger partial charge in [-0.2, -0.15) is 0 Å². The zero-order valence-electron chi connectivity index (χ0n) is 12.1. The van der Waals surface area contributed by atoms with E-state index in [-0.39, 0.29) is 17.6 Å². The minimum Gasteiger partial charge on any atom is -0.465 e. The fourth-order valence-corrected chi connectivity index (χ4v) is 4.62. The third-order valence-corrected chi connectivity index (χ3v) is 5.37. The van der Waals surface area contributed by atoms with E-state index in [0.29, 0.717) is 6.61 Å². The van der Waals surface area contributed by atoms with E-state index in [1.807, 2.05) is 0 Å². The number of thiophene rings is 1. The highest BCUT2D eigenvalue weighted by molar-refractivity contribution is 9.11. The smallest absolute Gasteiger partial charge is 0.407 e. The molecule has 0 bridgehead atoms. The first-order valence-corrected chi connectivity index (χ1v) is 8.18. The summed E-state index contributed by atoms with van der Waals surface area (Å²) in [6, 6.07) is 1.90. The maximum atomic E-state index is 11.4. The first-order chi connectivity index (χ1) is 9.21. The average Bonchev–Trinajstić information content (AvgIpc) is 2.68. The van der Waals surface area contributed by atoms with Gasteiger partial charge in [0.25, 0.3) is 0 Å². The van der Waals surface area contributed by atoms with Crippen LogP contribution in [0.25, 0.3) is 0 Å². The molecule has 0 fully saturated rings. The molecule has 1 aliphatic rings. The normalized spacial score (nSPS) is 20.4. The molecule has 1 N–H and O–H groups in total. The van der Waals surface area contributed by atoms with Gasteiger partial charge in [-0.25, -0.2) is 4.79 Å². The third kappa shape index (κ3) is 3.02. The van der Waals surface area contributed by atoms with Crippen LogP contribution in [0.1, 0.15) is 37.3 Å². The highest BCUT2D eigenvalue weighted by Crippen LogP contribution is 2.44. The van der Waals surface area contributed by atoms with Gasteiger partial charge in [0.15, 0.2) is 0 Å². The molecule has 0 aliphatic carbocycles. The maximum absolute atomic E-state index is 11.4. The van der Waals surface area contributed by atoms with Crippen LogP contribution in [-0.4, -0.2) is 35.8 Å². The van der Waals surface area contributed by atoms with E-state index in [1.54, 1.807) is 18.4 Å². The fourth-order valence-electron chi connectivity index (χ4n) is 2.81. The summed E-state index contributed by atoms with van der Waals surface area (Å²) in [5.74, 6) is 0. The molecule has 20 heavy (non-hydrogen) atoms. The van der Waals surface area contributed by atoms with Gasteiger partial charge in [0.1, 0.15) is 6.10 Å². The Morgan fingerprint density at radius 1 is 1.60 bits per heavy atom. The molecule has 0 aromatic carbocycles. The first kappa shape index (κ1) is 15.8. The molecule has 4 nitrogen and oxygen atoms in total. The van der Waals surface area contributed by atoms with Crippen molar-refractivity contribution >= 4 is 33.4 Å². The molecule has 0 saturated carbocycles. The predicted molar refractivity (Wildman–Crippen MR) is 83.4 cm³/mol. The Balaban J connectivity index is 2.43. The number of likely N-dealkylation sites (N-methyl/N-ethyl adjacent to an activating group) is 1. The lowest BCUT2D eigenvalue weighted by molar-refractivity contribution is -0.0467. The van der Waals surface area contributed by atoms with Gasteiger partial charge in [0.05, 0.1) is 16.4 Å². The van der Waals surface area contributed by atoms with Crippen molar-refractivity contribution in [1.82, 2.24) is 4.90 Å². The van der Waals surface area contributed by atoms with Crippen LogP contribution < -0.4 is 0 Å². The van der Waals surface area contributed by atoms with Gasteiger partial charge in [0, 0.05) is 11.9 Å². The highest BCUT2D eigenvalue weighted by Gasteiger charge is 2.42. The number of carboxylic acid groups (broad SMARTS) is 1. The van der Waals surface area contributed by atoms with Gasteiger partial charge in [0.2, 0.25) is 0 Å². The summed E-state index contributed by atoms with van der Waals surface area (Å²) >= 11 is 5.16. The molecule has 0 radical (unpaired) electrons. The molecule has 0 spiro atoms. The summed E-state index contributed by atoms with van der Waals surface area (Å²) in [7, 11) is 1.62. The maximum Gasteiger partial charge on any atom is 0.407 e. The van der Waals surface area contributed by atoms with Gasteiger partial charge >= 0.3 is 6.09 Å². The molecule has 1 amide bonds. The van der Waals surface area contributed by atoms with E-state index in [9.17, 15) is 9.90 Å². The van der Waals surface area contributed by atoms with Crippen LogP contribution in [0.15, 0.2) is 9.85 Å². The lowest BCUT2D eigenvalue weighted by atomic mass is 9.81. The molecule has 2 heterocycles. The molecule has 1 aliphatic heterocycles. The second-order valence-electron chi connectivity index (χ2n) is 6.19. The average molecular weight is 362 g/mol. The van der Waals surface area contributed by atoms with E-state index in [0.717, 1.165) is 15.1 Å². The van der Waals surface area contributed by atoms with E-state index < -0.39 is 6.09 Å². The van der Waals surface area contributed by atoms with Crippen LogP contribution in [-0.2, 0) is 11.2 Å². The van der Waals surface area contributed by atoms with E-state index in [4.69, 9.17) is 4.74 Å². The largest absolute Gasteiger partial charge is 0.465 e. The number of carbonyl (C=O) groups is 1. The molecular formula is C14H20BrNO3S. The number of hydrogen-bond acceptors (Lipinski definition) is 3. The Kier molecular flexibility index (Phi) is 4.47. The summed E-state index contributed by atoms with van der Waals surface area (Å²) in [6.45, 7) is 6.80. The molecule has 112 valence electrons. The summed E-state index contributed by atoms with van der Waals surface area (Å²) in [5, 5.41) is 9.36. The van der Waals surface area contributed by atoms with E-state index in [2.05, 4.69) is 42.8 Å². The number of fused-ring (bicyclic) bond motifs is 1. The minimum atomic E-state index is -0.920. The molecule has 1 aromatic rings. The van der Waals surface area contributed by atoms with Gasteiger partial charge in [-0.15, -0.1) is 11.3 Å². The Labute approximate surface area is 131 Å². The quantitative estimate of drug-likeness (QED) is 0.860. The molecule has 6 heteroatoms. The second kappa shape index (κ2) is 5.66. The zero-order chi connectivity index (χ0) is 15.1. The number of amides is 1. The predicted octanol–water partition coefficient (Wildman–Crippen LogP) is 4.15. The standard InChI is InChI=1S/C14H20BrNO3S/c1-14(2,3)12(16(4)13(17)18)10-11-8(5-6-19-10)7-9(15)20-11/h7,10,12H,5-6H2,1-4H3,(H,17,18). The third-order valence-electron chi connectivity index (χ3n) is 3.63. The van der Waals surface area contributed by atoms with Crippen molar-refractivity contribution in [3.8, 4) is 0 Å². The Bertz CT molecular complexity index is 509. The van der Waals surface area contributed by atoms with Crippen LogP contribution in [0.2, 0.25) is 0 Å². The summed E-state index contributed by atoms with van der Waals surface area (Å²) in [6.07, 6.45) is -0.228. The monoisotopic (exact) mass is 361 g/mol. The number of halogens is 1. The van der Waals surface area contributed by atoms with E-state index >= 15 is 0 Å². The van der Waals surface area contributed by atoms with Crippen molar-refractivity contribution < 1.29 is 14.6 Å². The first-order valence-electron chi connectivity index (χ1n) is 6.57. The van der Waals surface area contributed by atoms with Crippen LogP contribution in [0.3, 0.4) is 0 Å². The van der Waals surface area contributed by atoms with Gasteiger partial charge in [-0.1, -0.05) is 20.8 Å². The van der Waals surface area contributed by atoms with Crippen molar-refractivity contribution in [3.05, 3.63) is 20.3 Å². The highest BCUT2D eigenvalue weighted by atomic mass is 79.9. The topological polar surface area (TPSA) is 49.8 Å². The molecule has 2 unspecified atom stereocenters. The minimum absolute atomic E-state index is 0.198. The van der Waals surface area contributed by atoms with Crippen molar-refractivity contribution in [2.45, 2.75) is 39.3 Å². The van der Waals surface area contributed by atoms with Gasteiger partial charge in [-0.3, -0.25) is 0 Å².